The van der Waals surface area contributed by atoms with Gasteiger partial charge in [-0.1, -0.05) is 12.8 Å². The van der Waals surface area contributed by atoms with Gasteiger partial charge in [0.2, 0.25) is 0 Å². The molecule has 0 aromatic rings. The van der Waals surface area contributed by atoms with Crippen LogP contribution in [0.25, 0.3) is 0 Å². The molecule has 2 heteroatoms. The van der Waals surface area contributed by atoms with E-state index >= 15 is 0 Å². The second kappa shape index (κ2) is 6.61. The van der Waals surface area contributed by atoms with Gasteiger partial charge >= 0.3 is 0 Å². The largest absolute Gasteiger partial charge is 0.396 e. The first-order valence-corrected chi connectivity index (χ1v) is 7.21. The summed E-state index contributed by atoms with van der Waals surface area (Å²) < 4.78 is 0. The predicted octanol–water partition coefficient (Wildman–Crippen LogP) is 2.66. The van der Waals surface area contributed by atoms with Crippen LogP contribution in [0.3, 0.4) is 0 Å². The van der Waals surface area contributed by atoms with Crippen LogP contribution in [-0.2, 0) is 0 Å². The zero-order chi connectivity index (χ0) is 11.2. The van der Waals surface area contributed by atoms with E-state index in [2.05, 4.69) is 4.90 Å². The van der Waals surface area contributed by atoms with Crippen LogP contribution in [0.2, 0.25) is 0 Å². The highest BCUT2D eigenvalue weighted by molar-refractivity contribution is 4.82. The summed E-state index contributed by atoms with van der Waals surface area (Å²) in [6, 6.07) is 0. The van der Waals surface area contributed by atoms with Crippen molar-refractivity contribution in [1.29, 1.82) is 0 Å². The third-order valence-corrected chi connectivity index (χ3v) is 3.81. The van der Waals surface area contributed by atoms with Gasteiger partial charge in [0.05, 0.1) is 0 Å². The summed E-state index contributed by atoms with van der Waals surface area (Å²) >= 11 is 0. The quantitative estimate of drug-likeness (QED) is 0.578. The van der Waals surface area contributed by atoms with E-state index in [0.717, 1.165) is 18.3 Å². The molecule has 0 bridgehead atoms. The van der Waals surface area contributed by atoms with Crippen molar-refractivity contribution < 1.29 is 5.11 Å². The predicted molar refractivity (Wildman–Crippen MR) is 67.4 cm³/mol. The molecule has 2 nitrogen and oxygen atoms in total. The lowest BCUT2D eigenvalue weighted by Gasteiger charge is -2.22. The Balaban J connectivity index is 1.53. The van der Waals surface area contributed by atoms with Crippen molar-refractivity contribution in [2.75, 3.05) is 26.2 Å². The van der Waals surface area contributed by atoms with Crippen LogP contribution in [0.15, 0.2) is 0 Å². The molecule has 94 valence electrons. The monoisotopic (exact) mass is 225 g/mol. The summed E-state index contributed by atoms with van der Waals surface area (Å²) in [6.07, 6.45) is 10.7. The Labute approximate surface area is 100 Å². The third kappa shape index (κ3) is 5.31. The van der Waals surface area contributed by atoms with E-state index in [1.165, 1.54) is 64.6 Å². The molecule has 1 N–H and O–H groups in total. The van der Waals surface area contributed by atoms with E-state index in [1.54, 1.807) is 0 Å². The van der Waals surface area contributed by atoms with Crippen molar-refractivity contribution in [2.24, 2.45) is 11.8 Å². The number of hydrogen-bond donors (Lipinski definition) is 1. The van der Waals surface area contributed by atoms with Crippen molar-refractivity contribution in [3.05, 3.63) is 0 Å². The molecule has 0 unspecified atom stereocenters. The summed E-state index contributed by atoms with van der Waals surface area (Å²) in [5, 5.41) is 8.72. The normalized spacial score (nSPS) is 20.6. The van der Waals surface area contributed by atoms with Gasteiger partial charge in [-0.25, -0.2) is 0 Å². The molecule has 0 atom stereocenters. The average Bonchev–Trinajstić information content (AvgIpc) is 3.12. The SMILES string of the molecule is OCCCCCCN(CC1CC1)CC1CC1. The highest BCUT2D eigenvalue weighted by Gasteiger charge is 2.28. The van der Waals surface area contributed by atoms with Crippen LogP contribution < -0.4 is 0 Å². The fraction of sp³-hybridized carbons (Fsp3) is 1.00. The van der Waals surface area contributed by atoms with E-state index in [9.17, 15) is 0 Å². The number of aliphatic hydroxyl groups is 1. The molecule has 16 heavy (non-hydrogen) atoms. The lowest BCUT2D eigenvalue weighted by Crippen LogP contribution is -2.29. The summed E-state index contributed by atoms with van der Waals surface area (Å²) in [5.74, 6) is 2.08. The van der Waals surface area contributed by atoms with Gasteiger partial charge in [0, 0.05) is 19.7 Å². The van der Waals surface area contributed by atoms with Gasteiger partial charge in [0.15, 0.2) is 0 Å². The van der Waals surface area contributed by atoms with Gasteiger partial charge in [-0.2, -0.15) is 0 Å². The summed E-state index contributed by atoms with van der Waals surface area (Å²) in [4.78, 5) is 2.72. The molecule has 2 saturated carbocycles. The highest BCUT2D eigenvalue weighted by atomic mass is 16.2. The molecular formula is C14H27NO. The molecule has 0 saturated heterocycles. The van der Waals surface area contributed by atoms with E-state index in [0.29, 0.717) is 6.61 Å². The fourth-order valence-electron chi connectivity index (χ4n) is 2.39. The van der Waals surface area contributed by atoms with Gasteiger partial charge in [-0.15, -0.1) is 0 Å². The van der Waals surface area contributed by atoms with Crippen molar-refractivity contribution in [2.45, 2.75) is 51.4 Å². The van der Waals surface area contributed by atoms with Gasteiger partial charge in [0.25, 0.3) is 0 Å². The topological polar surface area (TPSA) is 23.5 Å². The van der Waals surface area contributed by atoms with E-state index in [1.807, 2.05) is 0 Å². The van der Waals surface area contributed by atoms with Crippen LogP contribution in [0, 0.1) is 11.8 Å². The third-order valence-electron chi connectivity index (χ3n) is 3.81. The van der Waals surface area contributed by atoms with Gasteiger partial charge in [-0.05, 0) is 56.9 Å². The lowest BCUT2D eigenvalue weighted by atomic mass is 10.2. The molecule has 0 amide bonds. The molecule has 0 spiro atoms. The summed E-state index contributed by atoms with van der Waals surface area (Å²) in [7, 11) is 0. The Bertz CT molecular complexity index is 173. The molecule has 2 rings (SSSR count). The molecule has 0 aromatic carbocycles. The van der Waals surface area contributed by atoms with Crippen LogP contribution in [0.4, 0.5) is 0 Å². The zero-order valence-electron chi connectivity index (χ0n) is 10.5. The standard InChI is InChI=1S/C14H27NO/c16-10-4-2-1-3-9-15(11-13-5-6-13)12-14-7-8-14/h13-14,16H,1-12H2. The Morgan fingerprint density at radius 2 is 1.38 bits per heavy atom. The maximum atomic E-state index is 8.72. The molecule has 0 aromatic heterocycles. The van der Waals surface area contributed by atoms with Gasteiger partial charge < -0.3 is 10.0 Å². The minimum Gasteiger partial charge on any atom is -0.396 e. The first-order chi connectivity index (χ1) is 7.88. The van der Waals surface area contributed by atoms with Gasteiger partial charge in [0.1, 0.15) is 0 Å². The van der Waals surface area contributed by atoms with E-state index in [4.69, 9.17) is 5.11 Å². The molecule has 2 aliphatic rings. The molecule has 0 radical (unpaired) electrons. The average molecular weight is 225 g/mol. The Morgan fingerprint density at radius 3 is 1.88 bits per heavy atom. The second-order valence-corrected chi connectivity index (χ2v) is 5.78. The van der Waals surface area contributed by atoms with E-state index < -0.39 is 0 Å². The zero-order valence-corrected chi connectivity index (χ0v) is 10.5. The number of unbranched alkanes of at least 4 members (excludes halogenated alkanes) is 3. The fourth-order valence-corrected chi connectivity index (χ4v) is 2.39. The smallest absolute Gasteiger partial charge is 0.0431 e. The van der Waals surface area contributed by atoms with Crippen molar-refractivity contribution in [3.8, 4) is 0 Å². The highest BCUT2D eigenvalue weighted by Crippen LogP contribution is 2.33. The maximum absolute atomic E-state index is 8.72. The maximum Gasteiger partial charge on any atom is 0.0431 e. The lowest BCUT2D eigenvalue weighted by molar-refractivity contribution is 0.243. The minimum atomic E-state index is 0.369. The molecule has 2 fully saturated rings. The molecule has 0 heterocycles. The first-order valence-electron chi connectivity index (χ1n) is 7.21. The van der Waals surface area contributed by atoms with Crippen LogP contribution in [0.5, 0.6) is 0 Å². The first kappa shape index (κ1) is 12.4. The number of hydrogen-bond acceptors (Lipinski definition) is 2. The summed E-state index contributed by atoms with van der Waals surface area (Å²) in [6.45, 7) is 4.42. The van der Waals surface area contributed by atoms with Crippen LogP contribution in [0.1, 0.15) is 51.4 Å². The van der Waals surface area contributed by atoms with Gasteiger partial charge in [-0.3, -0.25) is 0 Å². The number of rotatable bonds is 10. The molecular weight excluding hydrogens is 198 g/mol. The minimum absolute atomic E-state index is 0.369. The van der Waals surface area contributed by atoms with Crippen LogP contribution >= 0.6 is 0 Å². The Kier molecular flexibility index (Phi) is 5.11. The van der Waals surface area contributed by atoms with Crippen molar-refractivity contribution in [1.82, 2.24) is 4.90 Å². The van der Waals surface area contributed by atoms with Crippen molar-refractivity contribution in [3.63, 3.8) is 0 Å². The Hall–Kier alpha value is -0.0800. The van der Waals surface area contributed by atoms with E-state index in [-0.39, 0.29) is 0 Å². The summed E-state index contributed by atoms with van der Waals surface area (Å²) in [5.41, 5.74) is 0. The molecule has 2 aliphatic carbocycles. The molecule has 0 aliphatic heterocycles. The van der Waals surface area contributed by atoms with Crippen LogP contribution in [-0.4, -0.2) is 36.2 Å². The second-order valence-electron chi connectivity index (χ2n) is 5.78. The number of nitrogens with zero attached hydrogens (tertiary/aromatic N) is 1. The number of aliphatic hydroxyl groups excluding tert-OH is 1. The van der Waals surface area contributed by atoms with Crippen molar-refractivity contribution >= 4 is 0 Å². The Morgan fingerprint density at radius 1 is 0.812 bits per heavy atom.